The molecular formula is C23H26N4O. The normalized spacial score (nSPS) is 10.6. The lowest BCUT2D eigenvalue weighted by Gasteiger charge is -2.23. The van der Waals surface area contributed by atoms with E-state index in [0.717, 1.165) is 29.3 Å². The molecule has 3 aromatic rings. The summed E-state index contributed by atoms with van der Waals surface area (Å²) in [5, 5.41) is 0. The number of benzene rings is 2. The summed E-state index contributed by atoms with van der Waals surface area (Å²) in [6.45, 7) is 9.43. The summed E-state index contributed by atoms with van der Waals surface area (Å²) in [4.78, 5) is 25.7. The van der Waals surface area contributed by atoms with E-state index in [4.69, 9.17) is 0 Å². The van der Waals surface area contributed by atoms with Crippen LogP contribution in [0.1, 0.15) is 35.5 Å². The van der Waals surface area contributed by atoms with E-state index in [1.54, 1.807) is 17.3 Å². The third-order valence-corrected chi connectivity index (χ3v) is 4.64. The number of anilines is 3. The molecule has 3 rings (SSSR count). The van der Waals surface area contributed by atoms with Gasteiger partial charge in [-0.1, -0.05) is 24.3 Å². The maximum atomic E-state index is 13.0. The van der Waals surface area contributed by atoms with Gasteiger partial charge >= 0.3 is 0 Å². The maximum Gasteiger partial charge on any atom is 0.278 e. The molecule has 0 spiro atoms. The van der Waals surface area contributed by atoms with E-state index < -0.39 is 0 Å². The van der Waals surface area contributed by atoms with Gasteiger partial charge < -0.3 is 9.80 Å². The number of aromatic nitrogens is 2. The minimum atomic E-state index is -0.147. The van der Waals surface area contributed by atoms with Crippen LogP contribution in [0.4, 0.5) is 17.2 Å². The summed E-state index contributed by atoms with van der Waals surface area (Å²) >= 11 is 0. The number of rotatable bonds is 6. The van der Waals surface area contributed by atoms with Crippen LogP contribution >= 0.6 is 0 Å². The van der Waals surface area contributed by atoms with Gasteiger partial charge in [0.1, 0.15) is 5.69 Å². The number of hydrogen-bond acceptors (Lipinski definition) is 4. The molecule has 5 heteroatoms. The SMILES string of the molecule is CCN(C(=O)c1cnc(N(CC)c2cccc(C)c2)cn1)c1cccc(C)c1. The first-order chi connectivity index (χ1) is 13.5. The molecule has 0 saturated carbocycles. The molecule has 1 heterocycles. The molecule has 0 aliphatic carbocycles. The Kier molecular flexibility index (Phi) is 6.04. The van der Waals surface area contributed by atoms with Gasteiger partial charge in [-0.05, 0) is 63.1 Å². The molecule has 5 nitrogen and oxygen atoms in total. The van der Waals surface area contributed by atoms with E-state index in [1.165, 1.54) is 5.56 Å². The standard InChI is InChI=1S/C23H26N4O/c1-5-26(19-11-7-9-17(3)13-19)22-16-24-21(15-25-22)23(28)27(6-2)20-12-8-10-18(4)14-20/h7-16H,5-6H2,1-4H3. The van der Waals surface area contributed by atoms with Gasteiger partial charge in [0, 0.05) is 24.5 Å². The highest BCUT2D eigenvalue weighted by Crippen LogP contribution is 2.24. The van der Waals surface area contributed by atoms with Crippen molar-refractivity contribution in [2.75, 3.05) is 22.9 Å². The number of aryl methyl sites for hydroxylation is 2. The summed E-state index contributed by atoms with van der Waals surface area (Å²) in [5.74, 6) is 0.578. The number of carbonyl (C=O) groups is 1. The zero-order valence-electron chi connectivity index (χ0n) is 16.9. The topological polar surface area (TPSA) is 49.3 Å². The van der Waals surface area contributed by atoms with Crippen molar-refractivity contribution in [1.29, 1.82) is 0 Å². The van der Waals surface area contributed by atoms with Crippen LogP contribution in [-0.4, -0.2) is 29.0 Å². The van der Waals surface area contributed by atoms with Crippen molar-refractivity contribution in [3.63, 3.8) is 0 Å². The largest absolute Gasteiger partial charge is 0.325 e. The molecular weight excluding hydrogens is 348 g/mol. The average molecular weight is 374 g/mol. The molecule has 0 fully saturated rings. The van der Waals surface area contributed by atoms with Crippen LogP contribution < -0.4 is 9.80 Å². The summed E-state index contributed by atoms with van der Waals surface area (Å²) in [6.07, 6.45) is 3.23. The molecule has 0 aliphatic heterocycles. The predicted molar refractivity (Wildman–Crippen MR) is 114 cm³/mol. The van der Waals surface area contributed by atoms with Crippen molar-refractivity contribution >= 4 is 23.1 Å². The highest BCUT2D eigenvalue weighted by Gasteiger charge is 2.19. The Hall–Kier alpha value is -3.21. The van der Waals surface area contributed by atoms with Crippen LogP contribution in [0.15, 0.2) is 60.9 Å². The Labute approximate surface area is 166 Å². The van der Waals surface area contributed by atoms with Crippen molar-refractivity contribution in [2.45, 2.75) is 27.7 Å². The van der Waals surface area contributed by atoms with Gasteiger partial charge in [-0.25, -0.2) is 9.97 Å². The molecule has 28 heavy (non-hydrogen) atoms. The molecule has 2 aromatic carbocycles. The molecule has 0 aliphatic rings. The van der Waals surface area contributed by atoms with Gasteiger partial charge in [-0.3, -0.25) is 4.79 Å². The second-order valence-electron chi connectivity index (χ2n) is 6.73. The Morgan fingerprint density at radius 3 is 2.04 bits per heavy atom. The highest BCUT2D eigenvalue weighted by molar-refractivity contribution is 6.04. The van der Waals surface area contributed by atoms with Crippen LogP contribution in [0.2, 0.25) is 0 Å². The molecule has 0 saturated heterocycles. The smallest absolute Gasteiger partial charge is 0.278 e. The molecule has 1 aromatic heterocycles. The first-order valence-corrected chi connectivity index (χ1v) is 9.58. The number of hydrogen-bond donors (Lipinski definition) is 0. The zero-order chi connectivity index (χ0) is 20.1. The van der Waals surface area contributed by atoms with Gasteiger partial charge in [0.25, 0.3) is 5.91 Å². The van der Waals surface area contributed by atoms with Crippen molar-refractivity contribution < 1.29 is 4.79 Å². The second kappa shape index (κ2) is 8.65. The summed E-state index contributed by atoms with van der Waals surface area (Å²) < 4.78 is 0. The summed E-state index contributed by atoms with van der Waals surface area (Å²) in [7, 11) is 0. The molecule has 0 bridgehead atoms. The Balaban J connectivity index is 1.85. The van der Waals surface area contributed by atoms with Crippen LogP contribution in [0.5, 0.6) is 0 Å². The first-order valence-electron chi connectivity index (χ1n) is 9.58. The van der Waals surface area contributed by atoms with E-state index in [0.29, 0.717) is 12.2 Å². The Morgan fingerprint density at radius 1 is 0.857 bits per heavy atom. The third kappa shape index (κ3) is 4.19. The van der Waals surface area contributed by atoms with Gasteiger partial charge in [-0.15, -0.1) is 0 Å². The van der Waals surface area contributed by atoms with Crippen molar-refractivity contribution in [3.8, 4) is 0 Å². The molecule has 1 amide bonds. The lowest BCUT2D eigenvalue weighted by Crippen LogP contribution is -2.31. The monoisotopic (exact) mass is 374 g/mol. The number of nitrogens with zero attached hydrogens (tertiary/aromatic N) is 4. The van der Waals surface area contributed by atoms with Gasteiger partial charge in [0.05, 0.1) is 12.4 Å². The summed E-state index contributed by atoms with van der Waals surface area (Å²) in [5.41, 5.74) is 4.57. The number of amides is 1. The fourth-order valence-electron chi connectivity index (χ4n) is 3.22. The van der Waals surface area contributed by atoms with Crippen LogP contribution in [0.25, 0.3) is 0 Å². The fourth-order valence-corrected chi connectivity index (χ4v) is 3.22. The third-order valence-electron chi connectivity index (χ3n) is 4.64. The van der Waals surface area contributed by atoms with Crippen LogP contribution in [0.3, 0.4) is 0 Å². The quantitative estimate of drug-likeness (QED) is 0.615. The van der Waals surface area contributed by atoms with Crippen molar-refractivity contribution in [3.05, 3.63) is 77.7 Å². The lowest BCUT2D eigenvalue weighted by molar-refractivity contribution is 0.0983. The lowest BCUT2D eigenvalue weighted by atomic mass is 10.2. The van der Waals surface area contributed by atoms with Gasteiger partial charge in [-0.2, -0.15) is 0 Å². The Morgan fingerprint density at radius 2 is 1.50 bits per heavy atom. The molecule has 0 N–H and O–H groups in total. The Bertz CT molecular complexity index is 953. The molecule has 0 unspecified atom stereocenters. The average Bonchev–Trinajstić information content (AvgIpc) is 2.70. The van der Waals surface area contributed by atoms with Gasteiger partial charge in [0.2, 0.25) is 0 Å². The number of carbonyl (C=O) groups excluding carboxylic acids is 1. The molecule has 144 valence electrons. The minimum Gasteiger partial charge on any atom is -0.325 e. The molecule has 0 atom stereocenters. The predicted octanol–water partition coefficient (Wildman–Crippen LogP) is 4.92. The van der Waals surface area contributed by atoms with E-state index in [1.807, 2.05) is 50.2 Å². The maximum absolute atomic E-state index is 13.0. The van der Waals surface area contributed by atoms with E-state index in [-0.39, 0.29) is 5.91 Å². The minimum absolute atomic E-state index is 0.147. The van der Waals surface area contributed by atoms with Crippen molar-refractivity contribution in [1.82, 2.24) is 9.97 Å². The van der Waals surface area contributed by atoms with Gasteiger partial charge in [0.15, 0.2) is 5.82 Å². The van der Waals surface area contributed by atoms with Crippen LogP contribution in [0, 0.1) is 13.8 Å². The summed E-state index contributed by atoms with van der Waals surface area (Å²) in [6, 6.07) is 16.2. The first kappa shape index (κ1) is 19.5. The van der Waals surface area contributed by atoms with E-state index >= 15 is 0 Å². The van der Waals surface area contributed by atoms with Crippen molar-refractivity contribution in [2.24, 2.45) is 0 Å². The van der Waals surface area contributed by atoms with Crippen LogP contribution in [-0.2, 0) is 0 Å². The van der Waals surface area contributed by atoms with E-state index in [9.17, 15) is 4.79 Å². The second-order valence-corrected chi connectivity index (χ2v) is 6.73. The fraction of sp³-hybridized carbons (Fsp3) is 0.261. The zero-order valence-corrected chi connectivity index (χ0v) is 16.9. The van der Waals surface area contributed by atoms with E-state index in [2.05, 4.69) is 40.8 Å². The highest BCUT2D eigenvalue weighted by atomic mass is 16.2. The molecule has 0 radical (unpaired) electrons.